The van der Waals surface area contributed by atoms with Gasteiger partial charge in [-0.2, -0.15) is 0 Å². The first-order valence-corrected chi connectivity index (χ1v) is 8.68. The monoisotopic (exact) mass is 346 g/mol. The molecule has 1 aromatic carbocycles. The summed E-state index contributed by atoms with van der Waals surface area (Å²) in [5.74, 6) is -0.493. The van der Waals surface area contributed by atoms with Crippen LogP contribution in [0.4, 0.5) is 8.78 Å². The van der Waals surface area contributed by atoms with E-state index in [9.17, 15) is 8.78 Å². The van der Waals surface area contributed by atoms with E-state index in [0.29, 0.717) is 6.54 Å². The van der Waals surface area contributed by atoms with Crippen LogP contribution in [-0.4, -0.2) is 23.7 Å². The average molecular weight is 346 g/mol. The fraction of sp³-hybridized carbons (Fsp3) is 0.476. The Labute approximate surface area is 150 Å². The first-order chi connectivity index (χ1) is 11.6. The normalized spacial score (nSPS) is 16.1. The van der Waals surface area contributed by atoms with Crippen molar-refractivity contribution >= 4 is 5.71 Å². The lowest BCUT2D eigenvalue weighted by atomic mass is 9.96. The van der Waals surface area contributed by atoms with Crippen molar-refractivity contribution in [1.29, 1.82) is 0 Å². The van der Waals surface area contributed by atoms with E-state index in [-0.39, 0.29) is 5.56 Å². The lowest BCUT2D eigenvalue weighted by Crippen LogP contribution is -2.31. The third-order valence-electron chi connectivity index (χ3n) is 4.35. The minimum atomic E-state index is -1.69. The molecular weight excluding hydrogens is 318 g/mol. The van der Waals surface area contributed by atoms with Gasteiger partial charge in [-0.05, 0) is 57.9 Å². The molecular formula is C21H28F2N2. The van der Waals surface area contributed by atoms with Crippen LogP contribution in [0, 0.1) is 5.82 Å². The maximum atomic E-state index is 14.2. The molecule has 0 saturated heterocycles. The van der Waals surface area contributed by atoms with Gasteiger partial charge in [0.05, 0.1) is 0 Å². The van der Waals surface area contributed by atoms with Gasteiger partial charge >= 0.3 is 0 Å². The number of rotatable bonds is 5. The molecule has 1 aliphatic heterocycles. The van der Waals surface area contributed by atoms with Crippen LogP contribution in [0.1, 0.15) is 52.2 Å². The highest BCUT2D eigenvalue weighted by atomic mass is 19.1. The SMILES string of the molecule is C=C(C)C1=C(N=C(C)C)CCN(Cc2ccc(F)c(C(C)(C)F)c2)C1. The molecule has 0 unspecified atom stereocenters. The summed E-state index contributed by atoms with van der Waals surface area (Å²) in [5, 5.41) is 0. The number of halogens is 2. The summed E-state index contributed by atoms with van der Waals surface area (Å²) in [6, 6.07) is 4.74. The lowest BCUT2D eigenvalue weighted by molar-refractivity contribution is 0.213. The van der Waals surface area contributed by atoms with Crippen LogP contribution < -0.4 is 0 Å². The molecule has 4 heteroatoms. The second-order valence-corrected chi connectivity index (χ2v) is 7.51. The molecule has 0 atom stereocenters. The standard InChI is InChI=1S/C21H28F2N2/c1-14(2)17-13-25(10-9-20(17)24-15(3)4)12-16-7-8-19(22)18(11-16)21(5,6)23/h7-8,11H,1,9-10,12-13H2,2-6H3. The predicted molar refractivity (Wildman–Crippen MR) is 101 cm³/mol. The van der Waals surface area contributed by atoms with Gasteiger partial charge in [-0.3, -0.25) is 9.89 Å². The first-order valence-electron chi connectivity index (χ1n) is 8.68. The van der Waals surface area contributed by atoms with Gasteiger partial charge in [0, 0.05) is 43.0 Å². The van der Waals surface area contributed by atoms with Crippen LogP contribution >= 0.6 is 0 Å². The van der Waals surface area contributed by atoms with Crippen molar-refractivity contribution < 1.29 is 8.78 Å². The summed E-state index contributed by atoms with van der Waals surface area (Å²) in [4.78, 5) is 6.92. The third-order valence-corrected chi connectivity index (χ3v) is 4.35. The fourth-order valence-electron chi connectivity index (χ4n) is 3.10. The van der Waals surface area contributed by atoms with E-state index >= 15 is 0 Å². The van der Waals surface area contributed by atoms with Crippen LogP contribution in [0.5, 0.6) is 0 Å². The van der Waals surface area contributed by atoms with E-state index in [4.69, 9.17) is 0 Å². The van der Waals surface area contributed by atoms with Crippen LogP contribution in [-0.2, 0) is 12.2 Å². The smallest absolute Gasteiger partial charge is 0.133 e. The Hall–Kier alpha value is -1.81. The van der Waals surface area contributed by atoms with E-state index in [1.807, 2.05) is 20.8 Å². The fourth-order valence-corrected chi connectivity index (χ4v) is 3.10. The molecule has 25 heavy (non-hydrogen) atoms. The zero-order valence-corrected chi connectivity index (χ0v) is 15.9. The average Bonchev–Trinajstić information content (AvgIpc) is 2.49. The van der Waals surface area contributed by atoms with E-state index in [1.165, 1.54) is 25.5 Å². The maximum absolute atomic E-state index is 14.2. The second-order valence-electron chi connectivity index (χ2n) is 7.51. The Bertz CT molecular complexity index is 720. The molecule has 1 aliphatic rings. The molecule has 0 aliphatic carbocycles. The minimum Gasteiger partial charge on any atom is -0.294 e. The van der Waals surface area contributed by atoms with Crippen molar-refractivity contribution in [2.45, 2.75) is 53.3 Å². The summed E-state index contributed by atoms with van der Waals surface area (Å²) in [5.41, 5.74) is 3.68. The van der Waals surface area contributed by atoms with Crippen molar-refractivity contribution in [2.24, 2.45) is 4.99 Å². The van der Waals surface area contributed by atoms with Crippen LogP contribution in [0.3, 0.4) is 0 Å². The first kappa shape index (κ1) is 19.5. The van der Waals surface area contributed by atoms with Crippen molar-refractivity contribution in [3.63, 3.8) is 0 Å². The zero-order chi connectivity index (χ0) is 18.8. The largest absolute Gasteiger partial charge is 0.294 e. The Morgan fingerprint density at radius 2 is 1.96 bits per heavy atom. The molecule has 0 amide bonds. The third kappa shape index (κ3) is 5.08. The van der Waals surface area contributed by atoms with Gasteiger partial charge in [0.2, 0.25) is 0 Å². The van der Waals surface area contributed by atoms with Gasteiger partial charge in [0.1, 0.15) is 11.5 Å². The summed E-state index contributed by atoms with van der Waals surface area (Å²) in [6.45, 7) is 15.1. The number of hydrogen-bond donors (Lipinski definition) is 0. The Morgan fingerprint density at radius 1 is 1.28 bits per heavy atom. The Balaban J connectivity index is 2.22. The molecule has 2 rings (SSSR count). The van der Waals surface area contributed by atoms with Gasteiger partial charge in [0.15, 0.2) is 0 Å². The highest BCUT2D eigenvalue weighted by molar-refractivity contribution is 5.80. The Morgan fingerprint density at radius 3 is 2.52 bits per heavy atom. The van der Waals surface area contributed by atoms with Gasteiger partial charge in [-0.25, -0.2) is 8.78 Å². The molecule has 1 heterocycles. The molecule has 0 aromatic heterocycles. The molecule has 0 saturated carbocycles. The number of hydrogen-bond acceptors (Lipinski definition) is 2. The van der Waals surface area contributed by atoms with Crippen molar-refractivity contribution in [1.82, 2.24) is 4.90 Å². The zero-order valence-electron chi connectivity index (χ0n) is 15.9. The van der Waals surface area contributed by atoms with Crippen LogP contribution in [0.15, 0.2) is 46.6 Å². The summed E-state index contributed by atoms with van der Waals surface area (Å²) in [7, 11) is 0. The molecule has 0 bridgehead atoms. The van der Waals surface area contributed by atoms with Crippen molar-refractivity contribution in [2.75, 3.05) is 13.1 Å². The van der Waals surface area contributed by atoms with Crippen LogP contribution in [0.2, 0.25) is 0 Å². The highest BCUT2D eigenvalue weighted by Crippen LogP contribution is 2.29. The Kier molecular flexibility index (Phi) is 5.94. The molecule has 0 fully saturated rings. The summed E-state index contributed by atoms with van der Waals surface area (Å²) in [6.07, 6.45) is 0.857. The molecule has 2 nitrogen and oxygen atoms in total. The van der Waals surface area contributed by atoms with E-state index < -0.39 is 11.5 Å². The summed E-state index contributed by atoms with van der Waals surface area (Å²) >= 11 is 0. The lowest BCUT2D eigenvalue weighted by Gasteiger charge is -2.30. The molecule has 136 valence electrons. The van der Waals surface area contributed by atoms with Crippen molar-refractivity contribution in [3.8, 4) is 0 Å². The minimum absolute atomic E-state index is 0.115. The number of benzene rings is 1. The van der Waals surface area contributed by atoms with E-state index in [2.05, 4.69) is 16.5 Å². The van der Waals surface area contributed by atoms with Crippen LogP contribution in [0.25, 0.3) is 0 Å². The van der Waals surface area contributed by atoms with Gasteiger partial charge in [-0.15, -0.1) is 0 Å². The van der Waals surface area contributed by atoms with E-state index in [1.54, 1.807) is 12.1 Å². The number of alkyl halides is 1. The van der Waals surface area contributed by atoms with Gasteiger partial charge < -0.3 is 0 Å². The molecule has 0 spiro atoms. The maximum Gasteiger partial charge on any atom is 0.133 e. The van der Waals surface area contributed by atoms with E-state index in [0.717, 1.165) is 42.1 Å². The second kappa shape index (κ2) is 7.61. The summed E-state index contributed by atoms with van der Waals surface area (Å²) < 4.78 is 28.1. The van der Waals surface area contributed by atoms with Crippen molar-refractivity contribution in [3.05, 3.63) is 58.6 Å². The predicted octanol–water partition coefficient (Wildman–Crippen LogP) is 5.55. The topological polar surface area (TPSA) is 15.6 Å². The highest BCUT2D eigenvalue weighted by Gasteiger charge is 2.24. The number of aliphatic imine (C=N–C) groups is 1. The van der Waals surface area contributed by atoms with Gasteiger partial charge in [-0.1, -0.05) is 18.2 Å². The molecule has 0 radical (unpaired) electrons. The van der Waals surface area contributed by atoms with Gasteiger partial charge in [0.25, 0.3) is 0 Å². The molecule has 0 N–H and O–H groups in total. The quantitative estimate of drug-likeness (QED) is 0.639. The number of nitrogens with zero attached hydrogens (tertiary/aromatic N) is 2. The molecule has 1 aromatic rings.